The van der Waals surface area contributed by atoms with Gasteiger partial charge in [0.1, 0.15) is 11.6 Å². The van der Waals surface area contributed by atoms with Crippen molar-refractivity contribution in [2.24, 2.45) is 0 Å². The Balaban J connectivity index is 1.69. The predicted octanol–water partition coefficient (Wildman–Crippen LogP) is 3.76. The molecule has 0 aliphatic carbocycles. The fourth-order valence-corrected chi connectivity index (χ4v) is 3.01. The van der Waals surface area contributed by atoms with Gasteiger partial charge in [-0.25, -0.2) is 14.4 Å². The minimum atomic E-state index is -0.540. The molecule has 3 aromatic heterocycles. The lowest BCUT2D eigenvalue weighted by atomic mass is 10.1. The predicted molar refractivity (Wildman–Crippen MR) is 114 cm³/mol. The molecule has 0 aliphatic rings. The van der Waals surface area contributed by atoms with E-state index in [-0.39, 0.29) is 16.9 Å². The SMILES string of the molecule is Nc1cc(-c2ccncc2NC(=O)c2nc(-c3ccccc3F)ccc2N)ccn1. The molecule has 0 bridgehead atoms. The zero-order valence-corrected chi connectivity index (χ0v) is 15.7. The van der Waals surface area contributed by atoms with Gasteiger partial charge < -0.3 is 16.8 Å². The summed E-state index contributed by atoms with van der Waals surface area (Å²) >= 11 is 0. The molecule has 4 aromatic rings. The van der Waals surface area contributed by atoms with Gasteiger partial charge in [0, 0.05) is 23.5 Å². The highest BCUT2D eigenvalue weighted by Gasteiger charge is 2.17. The van der Waals surface area contributed by atoms with Crippen LogP contribution in [0.5, 0.6) is 0 Å². The van der Waals surface area contributed by atoms with Gasteiger partial charge in [-0.2, -0.15) is 0 Å². The second-order valence-electron chi connectivity index (χ2n) is 6.46. The first kappa shape index (κ1) is 19.0. The quantitative estimate of drug-likeness (QED) is 0.480. The molecule has 1 amide bonds. The number of hydrogen-bond acceptors (Lipinski definition) is 6. The monoisotopic (exact) mass is 400 g/mol. The normalized spacial score (nSPS) is 10.6. The zero-order valence-electron chi connectivity index (χ0n) is 15.7. The van der Waals surface area contributed by atoms with E-state index in [1.807, 2.05) is 0 Å². The number of nitrogens with zero attached hydrogens (tertiary/aromatic N) is 3. The van der Waals surface area contributed by atoms with Crippen LogP contribution in [0.15, 0.2) is 73.2 Å². The van der Waals surface area contributed by atoms with Gasteiger partial charge in [-0.1, -0.05) is 12.1 Å². The smallest absolute Gasteiger partial charge is 0.276 e. The Labute approximate surface area is 171 Å². The molecule has 1 aromatic carbocycles. The van der Waals surface area contributed by atoms with Crippen LogP contribution in [0.4, 0.5) is 21.6 Å². The number of aromatic nitrogens is 3. The first-order valence-electron chi connectivity index (χ1n) is 9.01. The Morgan fingerprint density at radius 2 is 1.80 bits per heavy atom. The van der Waals surface area contributed by atoms with Crippen LogP contribution in [-0.2, 0) is 0 Å². The lowest BCUT2D eigenvalue weighted by Crippen LogP contribution is -2.17. The summed E-state index contributed by atoms with van der Waals surface area (Å²) in [5.41, 5.74) is 14.4. The van der Waals surface area contributed by atoms with E-state index < -0.39 is 11.7 Å². The fraction of sp³-hybridized carbons (Fsp3) is 0. The van der Waals surface area contributed by atoms with Crippen molar-refractivity contribution in [3.8, 4) is 22.4 Å². The number of halogens is 1. The molecule has 0 fully saturated rings. The molecule has 4 rings (SSSR count). The van der Waals surface area contributed by atoms with Crippen molar-refractivity contribution in [1.29, 1.82) is 0 Å². The highest BCUT2D eigenvalue weighted by atomic mass is 19.1. The third kappa shape index (κ3) is 3.79. The Morgan fingerprint density at radius 3 is 2.60 bits per heavy atom. The second-order valence-corrected chi connectivity index (χ2v) is 6.46. The van der Waals surface area contributed by atoms with Crippen LogP contribution in [0, 0.1) is 5.82 Å². The summed E-state index contributed by atoms with van der Waals surface area (Å²) in [6.45, 7) is 0. The van der Waals surface area contributed by atoms with Gasteiger partial charge in [0.15, 0.2) is 5.69 Å². The molecule has 3 heterocycles. The highest BCUT2D eigenvalue weighted by molar-refractivity contribution is 6.08. The van der Waals surface area contributed by atoms with Gasteiger partial charge in [-0.3, -0.25) is 9.78 Å². The molecule has 0 atom stereocenters. The van der Waals surface area contributed by atoms with Crippen molar-refractivity contribution in [1.82, 2.24) is 15.0 Å². The van der Waals surface area contributed by atoms with Gasteiger partial charge in [-0.05, 0) is 48.0 Å². The molecule has 0 saturated carbocycles. The van der Waals surface area contributed by atoms with Crippen molar-refractivity contribution < 1.29 is 9.18 Å². The maximum Gasteiger partial charge on any atom is 0.276 e. The molecule has 0 aliphatic heterocycles. The maximum atomic E-state index is 14.1. The summed E-state index contributed by atoms with van der Waals surface area (Å²) in [6, 6.07) is 14.5. The Kier molecular flexibility index (Phi) is 5.04. The van der Waals surface area contributed by atoms with Crippen LogP contribution in [0.2, 0.25) is 0 Å². The minimum Gasteiger partial charge on any atom is -0.397 e. The van der Waals surface area contributed by atoms with Gasteiger partial charge >= 0.3 is 0 Å². The van der Waals surface area contributed by atoms with Crippen LogP contribution < -0.4 is 16.8 Å². The number of nitrogen functional groups attached to an aromatic ring is 2. The van der Waals surface area contributed by atoms with E-state index in [9.17, 15) is 9.18 Å². The van der Waals surface area contributed by atoms with E-state index in [2.05, 4.69) is 20.3 Å². The lowest BCUT2D eigenvalue weighted by molar-refractivity contribution is 0.102. The van der Waals surface area contributed by atoms with Crippen molar-refractivity contribution in [2.45, 2.75) is 0 Å². The van der Waals surface area contributed by atoms with Gasteiger partial charge in [0.05, 0.1) is 23.3 Å². The van der Waals surface area contributed by atoms with Crippen LogP contribution >= 0.6 is 0 Å². The van der Waals surface area contributed by atoms with E-state index in [1.165, 1.54) is 18.3 Å². The topological polar surface area (TPSA) is 120 Å². The molecule has 0 spiro atoms. The zero-order chi connectivity index (χ0) is 21.1. The van der Waals surface area contributed by atoms with E-state index in [0.29, 0.717) is 22.8 Å². The molecular weight excluding hydrogens is 383 g/mol. The average molecular weight is 400 g/mol. The fourth-order valence-electron chi connectivity index (χ4n) is 3.01. The minimum absolute atomic E-state index is 0.0141. The Morgan fingerprint density at radius 1 is 0.967 bits per heavy atom. The molecule has 7 nitrogen and oxygen atoms in total. The van der Waals surface area contributed by atoms with E-state index in [0.717, 1.165) is 5.56 Å². The number of carbonyl (C=O) groups excluding carboxylic acids is 1. The highest BCUT2D eigenvalue weighted by Crippen LogP contribution is 2.29. The van der Waals surface area contributed by atoms with Gasteiger partial charge in [0.25, 0.3) is 5.91 Å². The molecule has 8 heteroatoms. The number of nitrogens with two attached hydrogens (primary N) is 2. The standard InChI is InChI=1S/C22H17FN6O/c23-16-4-2-1-3-15(16)18-6-5-17(24)21(28-18)22(30)29-19-12-26-9-8-14(19)13-7-10-27-20(25)11-13/h1-12H,24H2,(H2,25,27)(H,29,30). The summed E-state index contributed by atoms with van der Waals surface area (Å²) in [5, 5.41) is 2.78. The van der Waals surface area contributed by atoms with E-state index in [4.69, 9.17) is 11.5 Å². The number of hydrogen-bond donors (Lipinski definition) is 3. The number of rotatable bonds is 4. The number of benzene rings is 1. The third-order valence-electron chi connectivity index (χ3n) is 4.45. The first-order chi connectivity index (χ1) is 14.5. The molecule has 0 saturated heterocycles. The first-order valence-corrected chi connectivity index (χ1v) is 9.01. The molecule has 5 N–H and O–H groups in total. The largest absolute Gasteiger partial charge is 0.397 e. The molecule has 0 radical (unpaired) electrons. The van der Waals surface area contributed by atoms with Crippen molar-refractivity contribution >= 4 is 23.1 Å². The van der Waals surface area contributed by atoms with Gasteiger partial charge in [0.2, 0.25) is 0 Å². The lowest BCUT2D eigenvalue weighted by Gasteiger charge is -2.12. The molecule has 148 valence electrons. The van der Waals surface area contributed by atoms with E-state index >= 15 is 0 Å². The molecule has 0 unspecified atom stereocenters. The third-order valence-corrected chi connectivity index (χ3v) is 4.45. The average Bonchev–Trinajstić information content (AvgIpc) is 2.75. The van der Waals surface area contributed by atoms with E-state index in [1.54, 1.807) is 54.9 Å². The maximum absolute atomic E-state index is 14.1. The number of pyridine rings is 3. The van der Waals surface area contributed by atoms with Crippen LogP contribution in [0.3, 0.4) is 0 Å². The summed E-state index contributed by atoms with van der Waals surface area (Å²) in [5.74, 6) is -0.627. The summed E-state index contributed by atoms with van der Waals surface area (Å²) in [4.78, 5) is 25.3. The Hall–Kier alpha value is -4.33. The summed E-state index contributed by atoms with van der Waals surface area (Å²) in [7, 11) is 0. The summed E-state index contributed by atoms with van der Waals surface area (Å²) < 4.78 is 14.1. The second kappa shape index (κ2) is 7.96. The molecular formula is C22H17FN6O. The number of anilines is 3. The van der Waals surface area contributed by atoms with Crippen molar-refractivity contribution in [3.05, 3.63) is 84.7 Å². The number of carbonyl (C=O) groups is 1. The van der Waals surface area contributed by atoms with Crippen molar-refractivity contribution in [3.63, 3.8) is 0 Å². The number of nitrogens with one attached hydrogen (secondary N) is 1. The summed E-state index contributed by atoms with van der Waals surface area (Å²) in [6.07, 6.45) is 4.70. The van der Waals surface area contributed by atoms with Crippen LogP contribution in [-0.4, -0.2) is 20.9 Å². The Bertz CT molecular complexity index is 1240. The van der Waals surface area contributed by atoms with Crippen molar-refractivity contribution in [2.75, 3.05) is 16.8 Å². The van der Waals surface area contributed by atoms with Crippen LogP contribution in [0.25, 0.3) is 22.4 Å². The molecule has 30 heavy (non-hydrogen) atoms. The van der Waals surface area contributed by atoms with Gasteiger partial charge in [-0.15, -0.1) is 0 Å². The number of amides is 1. The van der Waals surface area contributed by atoms with Crippen LogP contribution in [0.1, 0.15) is 10.5 Å².